The molecule has 2 heterocycles. The molecule has 6 nitrogen and oxygen atoms in total. The van der Waals surface area contributed by atoms with Crippen LogP contribution in [0.3, 0.4) is 0 Å². The molecule has 0 fully saturated rings. The molecule has 39 heavy (non-hydrogen) atoms. The van der Waals surface area contributed by atoms with Gasteiger partial charge in [0, 0.05) is 23.1 Å². The van der Waals surface area contributed by atoms with Crippen LogP contribution in [-0.2, 0) is 17.4 Å². The fourth-order valence-corrected chi connectivity index (χ4v) is 4.62. The lowest BCUT2D eigenvalue weighted by molar-refractivity contribution is -0.137. The molecule has 1 atom stereocenters. The first kappa shape index (κ1) is 26.2. The van der Waals surface area contributed by atoms with E-state index in [1.165, 1.54) is 30.3 Å². The van der Waals surface area contributed by atoms with E-state index in [1.54, 1.807) is 19.1 Å². The minimum absolute atomic E-state index is 0.0116. The predicted molar refractivity (Wildman–Crippen MR) is 133 cm³/mol. The number of hydrogen-bond donors (Lipinski definition) is 2. The standard InChI is InChI=1S/C28H21F5N2O4/c1-14-16-5-2-3-6-17(16)23(28(31,32)33)24(34-14)18-11-9-15(10-12-22(36)37)26-27(18)39-21(13-38-26)35-25-19(29)7-4-8-20(25)30/h2-9,11,21,35H,10,12-13H2,1H3,(H,36,37)/t21-/m0/s1. The van der Waals surface area contributed by atoms with Crippen molar-refractivity contribution < 1.29 is 41.3 Å². The Kier molecular flexibility index (Phi) is 6.75. The third-order valence-corrected chi connectivity index (χ3v) is 6.35. The van der Waals surface area contributed by atoms with E-state index in [0.717, 1.165) is 12.1 Å². The number of carbonyl (C=O) groups is 1. The normalized spacial score (nSPS) is 14.9. The van der Waals surface area contributed by atoms with Gasteiger partial charge in [-0.3, -0.25) is 9.78 Å². The molecule has 1 aliphatic heterocycles. The van der Waals surface area contributed by atoms with E-state index in [-0.39, 0.29) is 41.9 Å². The van der Waals surface area contributed by atoms with Crippen molar-refractivity contribution in [1.82, 2.24) is 4.98 Å². The summed E-state index contributed by atoms with van der Waals surface area (Å²) in [7, 11) is 0. The third kappa shape index (κ3) is 5.04. The number of nitrogens with one attached hydrogen (secondary N) is 1. The van der Waals surface area contributed by atoms with E-state index < -0.39 is 47.0 Å². The van der Waals surface area contributed by atoms with E-state index in [0.29, 0.717) is 16.6 Å². The van der Waals surface area contributed by atoms with E-state index >= 15 is 0 Å². The Labute approximate surface area is 219 Å². The summed E-state index contributed by atoms with van der Waals surface area (Å²) in [5.74, 6) is -2.98. The number of hydrogen-bond acceptors (Lipinski definition) is 5. The summed E-state index contributed by atoms with van der Waals surface area (Å²) in [6, 6.07) is 12.1. The Bertz CT molecular complexity index is 1570. The van der Waals surface area contributed by atoms with Gasteiger partial charge in [-0.2, -0.15) is 13.2 Å². The maximum atomic E-state index is 14.5. The fourth-order valence-electron chi connectivity index (χ4n) is 4.62. The minimum Gasteiger partial charge on any atom is -0.483 e. The molecule has 3 aromatic carbocycles. The lowest BCUT2D eigenvalue weighted by atomic mass is 9.95. The van der Waals surface area contributed by atoms with Gasteiger partial charge in [0.2, 0.25) is 6.23 Å². The van der Waals surface area contributed by atoms with Gasteiger partial charge in [-0.1, -0.05) is 36.4 Å². The van der Waals surface area contributed by atoms with Crippen LogP contribution >= 0.6 is 0 Å². The summed E-state index contributed by atoms with van der Waals surface area (Å²) >= 11 is 0. The van der Waals surface area contributed by atoms with Gasteiger partial charge in [0.05, 0.1) is 11.3 Å². The Morgan fingerprint density at radius 1 is 1.03 bits per heavy atom. The summed E-state index contributed by atoms with van der Waals surface area (Å²) in [4.78, 5) is 15.5. The number of nitrogens with zero attached hydrogens (tertiary/aromatic N) is 1. The molecule has 0 saturated carbocycles. The van der Waals surface area contributed by atoms with Gasteiger partial charge < -0.3 is 19.9 Å². The predicted octanol–water partition coefficient (Wildman–Crippen LogP) is 6.73. The van der Waals surface area contributed by atoms with Crippen molar-refractivity contribution in [3.63, 3.8) is 0 Å². The number of anilines is 1. The topological polar surface area (TPSA) is 80.7 Å². The summed E-state index contributed by atoms with van der Waals surface area (Å²) in [6.45, 7) is 1.32. The van der Waals surface area contributed by atoms with Gasteiger partial charge in [0.25, 0.3) is 0 Å². The fraction of sp³-hybridized carbons (Fsp3) is 0.214. The highest BCUT2D eigenvalue weighted by Crippen LogP contribution is 2.48. The monoisotopic (exact) mass is 544 g/mol. The molecule has 1 aromatic heterocycles. The maximum absolute atomic E-state index is 14.5. The molecule has 0 unspecified atom stereocenters. The zero-order valence-electron chi connectivity index (χ0n) is 20.4. The number of aryl methyl sites for hydroxylation is 2. The highest BCUT2D eigenvalue weighted by atomic mass is 19.4. The number of ether oxygens (including phenoxy) is 2. The van der Waals surface area contributed by atoms with E-state index in [2.05, 4.69) is 10.3 Å². The van der Waals surface area contributed by atoms with Gasteiger partial charge in [-0.15, -0.1) is 0 Å². The van der Waals surface area contributed by atoms with Crippen molar-refractivity contribution in [3.8, 4) is 22.8 Å². The number of fused-ring (bicyclic) bond motifs is 2. The lowest BCUT2D eigenvalue weighted by Gasteiger charge is -2.31. The van der Waals surface area contributed by atoms with Gasteiger partial charge in [0.15, 0.2) is 11.5 Å². The zero-order chi connectivity index (χ0) is 27.9. The van der Waals surface area contributed by atoms with Crippen LogP contribution in [0.25, 0.3) is 22.0 Å². The number of aromatic nitrogens is 1. The number of alkyl halides is 3. The van der Waals surface area contributed by atoms with Crippen molar-refractivity contribution in [2.24, 2.45) is 0 Å². The number of carboxylic acids is 1. The highest BCUT2D eigenvalue weighted by molar-refractivity contribution is 5.93. The molecule has 0 radical (unpaired) electrons. The number of aliphatic carboxylic acids is 1. The lowest BCUT2D eigenvalue weighted by Crippen LogP contribution is -2.37. The number of pyridine rings is 1. The van der Waals surface area contributed by atoms with Gasteiger partial charge in [-0.25, -0.2) is 8.78 Å². The number of carboxylic acid groups (broad SMARTS) is 1. The molecule has 1 aliphatic rings. The smallest absolute Gasteiger partial charge is 0.419 e. The molecule has 0 bridgehead atoms. The molecular formula is C28H21F5N2O4. The second kappa shape index (κ2) is 10.0. The quantitative estimate of drug-likeness (QED) is 0.262. The third-order valence-electron chi connectivity index (χ3n) is 6.35. The molecule has 0 saturated heterocycles. The van der Waals surface area contributed by atoms with Crippen LogP contribution in [0.4, 0.5) is 27.6 Å². The first-order chi connectivity index (χ1) is 18.5. The van der Waals surface area contributed by atoms with Gasteiger partial charge in [0.1, 0.15) is 23.9 Å². The Hall–Kier alpha value is -4.41. The van der Waals surface area contributed by atoms with Crippen LogP contribution in [0.5, 0.6) is 11.5 Å². The van der Waals surface area contributed by atoms with Crippen LogP contribution < -0.4 is 14.8 Å². The van der Waals surface area contributed by atoms with Crippen LogP contribution in [0.2, 0.25) is 0 Å². The van der Waals surface area contributed by atoms with Crippen molar-refractivity contribution >= 4 is 22.4 Å². The first-order valence-electron chi connectivity index (χ1n) is 11.9. The number of benzene rings is 3. The Morgan fingerprint density at radius 2 is 1.72 bits per heavy atom. The Morgan fingerprint density at radius 3 is 2.38 bits per heavy atom. The molecule has 11 heteroatoms. The van der Waals surface area contributed by atoms with Gasteiger partial charge >= 0.3 is 12.1 Å². The summed E-state index contributed by atoms with van der Waals surface area (Å²) in [5, 5.41) is 12.0. The molecule has 4 aromatic rings. The molecule has 0 aliphatic carbocycles. The SMILES string of the molecule is Cc1nc(-c2ccc(CCC(=O)O)c3c2O[C@H](Nc2c(F)cccc2F)CO3)c(C(F)(F)F)c2ccccc12. The molecule has 2 N–H and O–H groups in total. The highest BCUT2D eigenvalue weighted by Gasteiger charge is 2.39. The van der Waals surface area contributed by atoms with Crippen molar-refractivity contribution in [1.29, 1.82) is 0 Å². The van der Waals surface area contributed by atoms with Crippen molar-refractivity contribution in [3.05, 3.63) is 83.1 Å². The number of halogens is 5. The minimum atomic E-state index is -4.80. The first-order valence-corrected chi connectivity index (χ1v) is 11.9. The van der Waals surface area contributed by atoms with E-state index in [4.69, 9.17) is 14.6 Å². The summed E-state index contributed by atoms with van der Waals surface area (Å²) in [5.41, 5.74) is -1.22. The van der Waals surface area contributed by atoms with Crippen LogP contribution in [0.15, 0.2) is 54.6 Å². The van der Waals surface area contributed by atoms with Gasteiger partial charge in [-0.05, 0) is 42.5 Å². The summed E-state index contributed by atoms with van der Waals surface area (Å²) in [6.07, 6.45) is -6.24. The average Bonchev–Trinajstić information content (AvgIpc) is 2.88. The van der Waals surface area contributed by atoms with E-state index in [1.807, 2.05) is 0 Å². The number of rotatable bonds is 6. The van der Waals surface area contributed by atoms with Crippen LogP contribution in [0, 0.1) is 18.6 Å². The second-order valence-electron chi connectivity index (χ2n) is 8.95. The van der Waals surface area contributed by atoms with Crippen molar-refractivity contribution in [2.75, 3.05) is 11.9 Å². The Balaban J connectivity index is 1.68. The second-order valence-corrected chi connectivity index (χ2v) is 8.95. The largest absolute Gasteiger partial charge is 0.483 e. The maximum Gasteiger partial charge on any atom is 0.419 e. The molecular weight excluding hydrogens is 523 g/mol. The average molecular weight is 544 g/mol. The van der Waals surface area contributed by atoms with Crippen LogP contribution in [-0.4, -0.2) is 28.9 Å². The van der Waals surface area contributed by atoms with Crippen LogP contribution in [0.1, 0.15) is 23.2 Å². The van der Waals surface area contributed by atoms with Crippen molar-refractivity contribution in [2.45, 2.75) is 32.2 Å². The number of para-hydroxylation sites is 1. The molecule has 5 rings (SSSR count). The van der Waals surface area contributed by atoms with E-state index in [9.17, 15) is 26.7 Å². The molecule has 0 amide bonds. The molecule has 202 valence electrons. The molecule has 0 spiro atoms. The zero-order valence-corrected chi connectivity index (χ0v) is 20.4. The summed E-state index contributed by atoms with van der Waals surface area (Å²) < 4.78 is 83.8.